The summed E-state index contributed by atoms with van der Waals surface area (Å²) in [5.74, 6) is 0.515. The van der Waals surface area contributed by atoms with Crippen LogP contribution in [0.25, 0.3) is 5.69 Å². The second-order valence-corrected chi connectivity index (χ2v) is 11.1. The first-order valence-electron chi connectivity index (χ1n) is 13.8. The molecule has 210 valence electrons. The van der Waals surface area contributed by atoms with Crippen molar-refractivity contribution < 1.29 is 19.4 Å². The highest BCUT2D eigenvalue weighted by Crippen LogP contribution is 2.46. The lowest BCUT2D eigenvalue weighted by molar-refractivity contribution is -0.117. The summed E-state index contributed by atoms with van der Waals surface area (Å²) in [5.41, 5.74) is 4.87. The molecule has 8 nitrogen and oxygen atoms in total. The van der Waals surface area contributed by atoms with E-state index in [1.54, 1.807) is 13.2 Å². The molecule has 1 atom stereocenters. The fourth-order valence-electron chi connectivity index (χ4n) is 5.84. The summed E-state index contributed by atoms with van der Waals surface area (Å²) in [4.78, 5) is 30.8. The quantitative estimate of drug-likeness (QED) is 0.450. The highest BCUT2D eigenvalue weighted by molar-refractivity contribution is 6.07. The first-order valence-corrected chi connectivity index (χ1v) is 13.8. The van der Waals surface area contributed by atoms with Crippen LogP contribution >= 0.6 is 0 Å². The number of carbonyl (C=O) groups excluding carboxylic acids is 2. The molecular formula is C32H38N4O4. The van der Waals surface area contributed by atoms with Gasteiger partial charge < -0.3 is 29.5 Å². The number of benzene rings is 2. The number of nitrogens with one attached hydrogen (secondary N) is 1. The average molecular weight is 543 g/mol. The predicted octanol–water partition coefficient (Wildman–Crippen LogP) is 3.96. The van der Waals surface area contributed by atoms with Crippen LogP contribution in [0.3, 0.4) is 0 Å². The minimum absolute atomic E-state index is 0.0187. The van der Waals surface area contributed by atoms with Crippen molar-refractivity contribution in [1.29, 1.82) is 0 Å². The molecule has 1 spiro atoms. The van der Waals surface area contributed by atoms with Crippen molar-refractivity contribution in [2.75, 3.05) is 45.7 Å². The van der Waals surface area contributed by atoms with Gasteiger partial charge in [-0.2, -0.15) is 0 Å². The van der Waals surface area contributed by atoms with E-state index < -0.39 is 0 Å². The van der Waals surface area contributed by atoms with Crippen LogP contribution in [0.1, 0.15) is 40.7 Å². The van der Waals surface area contributed by atoms with Crippen LogP contribution in [0.15, 0.2) is 72.6 Å². The van der Waals surface area contributed by atoms with Crippen molar-refractivity contribution in [2.24, 2.45) is 5.41 Å². The van der Waals surface area contributed by atoms with E-state index in [2.05, 4.69) is 22.4 Å². The minimum Gasteiger partial charge on any atom is -0.495 e. The fourth-order valence-corrected chi connectivity index (χ4v) is 5.84. The molecule has 0 fully saturated rings. The lowest BCUT2D eigenvalue weighted by Gasteiger charge is -2.26. The van der Waals surface area contributed by atoms with Crippen LogP contribution in [-0.2, 0) is 17.8 Å². The maximum Gasteiger partial charge on any atom is 0.258 e. The SMILES string of the molecule is COc1cc(C(=O)N2CC[C@@]3(C=C(C(=O)NCCN(C)C)CC3)Cc3ccccc32)ccc1-n1ccc(CO)c1. The lowest BCUT2D eigenvalue weighted by Crippen LogP contribution is -2.33. The molecule has 2 aliphatic rings. The first kappa shape index (κ1) is 27.7. The molecule has 2 amide bonds. The number of nitrogens with zero attached hydrogens (tertiary/aromatic N) is 3. The van der Waals surface area contributed by atoms with Gasteiger partial charge in [-0.3, -0.25) is 9.59 Å². The van der Waals surface area contributed by atoms with E-state index in [1.165, 1.54) is 0 Å². The third-order valence-corrected chi connectivity index (χ3v) is 8.05. The van der Waals surface area contributed by atoms with E-state index >= 15 is 0 Å². The summed E-state index contributed by atoms with van der Waals surface area (Å²) in [5, 5.41) is 12.5. The van der Waals surface area contributed by atoms with Gasteiger partial charge in [0.15, 0.2) is 0 Å². The standard InChI is InChI=1S/C32H38N4O4/c1-34(2)17-14-33-30(38)26-10-12-32(20-26)13-16-36(27-7-5-4-6-25(27)19-32)31(39)24-8-9-28(29(18-24)40-3)35-15-11-23(21-35)22-37/h4-9,11,15,18,20-21,37H,10,12-14,16-17,19,22H2,1-3H3,(H,33,38)/t32-/m1/s1. The number of amides is 2. The van der Waals surface area contributed by atoms with E-state index in [9.17, 15) is 14.7 Å². The fraction of sp³-hybridized carbons (Fsp3) is 0.375. The number of methoxy groups -OCH3 is 1. The largest absolute Gasteiger partial charge is 0.495 e. The Labute approximate surface area is 235 Å². The maximum atomic E-state index is 14.0. The van der Waals surface area contributed by atoms with E-state index in [1.807, 2.05) is 72.4 Å². The number of ether oxygens (including phenoxy) is 1. The molecular weight excluding hydrogens is 504 g/mol. The number of carbonyl (C=O) groups is 2. The Kier molecular flexibility index (Phi) is 8.09. The summed E-state index contributed by atoms with van der Waals surface area (Å²) in [6.07, 6.45) is 9.11. The Morgan fingerprint density at radius 2 is 1.93 bits per heavy atom. The molecule has 1 aromatic heterocycles. The molecule has 2 N–H and O–H groups in total. The van der Waals surface area contributed by atoms with Crippen LogP contribution in [0, 0.1) is 5.41 Å². The van der Waals surface area contributed by atoms with Crippen LogP contribution in [-0.4, -0.2) is 67.2 Å². The Hall–Kier alpha value is -3.88. The highest BCUT2D eigenvalue weighted by Gasteiger charge is 2.39. The van der Waals surface area contributed by atoms with Gasteiger partial charge in [-0.25, -0.2) is 0 Å². The lowest BCUT2D eigenvalue weighted by atomic mass is 9.79. The molecule has 1 aliphatic heterocycles. The highest BCUT2D eigenvalue weighted by atomic mass is 16.5. The number of aliphatic hydroxyl groups is 1. The number of aromatic nitrogens is 1. The van der Waals surface area contributed by atoms with Crippen molar-refractivity contribution in [3.63, 3.8) is 0 Å². The van der Waals surface area contributed by atoms with Gasteiger partial charge in [0.1, 0.15) is 5.75 Å². The molecule has 0 radical (unpaired) electrons. The Morgan fingerprint density at radius 3 is 2.67 bits per heavy atom. The van der Waals surface area contributed by atoms with Crippen molar-refractivity contribution in [3.8, 4) is 11.4 Å². The molecule has 2 aromatic carbocycles. The number of para-hydroxylation sites is 1. The predicted molar refractivity (Wildman–Crippen MR) is 156 cm³/mol. The average Bonchev–Trinajstić information content (AvgIpc) is 3.57. The summed E-state index contributed by atoms with van der Waals surface area (Å²) < 4.78 is 7.54. The van der Waals surface area contributed by atoms with Gasteiger partial charge in [-0.05, 0) is 86.7 Å². The van der Waals surface area contributed by atoms with Crippen LogP contribution < -0.4 is 15.0 Å². The molecule has 0 unspecified atom stereocenters. The van der Waals surface area contributed by atoms with E-state index in [0.29, 0.717) is 24.4 Å². The van der Waals surface area contributed by atoms with Gasteiger partial charge in [0.2, 0.25) is 5.91 Å². The molecule has 0 saturated carbocycles. The van der Waals surface area contributed by atoms with Crippen molar-refractivity contribution in [3.05, 3.63) is 89.3 Å². The Balaban J connectivity index is 1.39. The number of hydrogen-bond donors (Lipinski definition) is 2. The molecule has 2 heterocycles. The van der Waals surface area contributed by atoms with Gasteiger partial charge >= 0.3 is 0 Å². The van der Waals surface area contributed by atoms with E-state index in [-0.39, 0.29) is 23.8 Å². The van der Waals surface area contributed by atoms with Gasteiger partial charge in [0, 0.05) is 48.9 Å². The number of allylic oxidation sites excluding steroid dienone is 1. The number of anilines is 1. The van der Waals surface area contributed by atoms with Crippen LogP contribution in [0.4, 0.5) is 5.69 Å². The summed E-state index contributed by atoms with van der Waals surface area (Å²) >= 11 is 0. The zero-order chi connectivity index (χ0) is 28.3. The smallest absolute Gasteiger partial charge is 0.258 e. The van der Waals surface area contributed by atoms with E-state index in [0.717, 1.165) is 60.3 Å². The summed E-state index contributed by atoms with van der Waals surface area (Å²) in [6.45, 7) is 1.94. The summed E-state index contributed by atoms with van der Waals surface area (Å²) in [6, 6.07) is 15.4. The topological polar surface area (TPSA) is 87.0 Å². The minimum atomic E-state index is -0.153. The van der Waals surface area contributed by atoms with E-state index in [4.69, 9.17) is 4.74 Å². The molecule has 0 saturated heterocycles. The van der Waals surface area contributed by atoms with Gasteiger partial charge in [-0.15, -0.1) is 0 Å². The van der Waals surface area contributed by atoms with Crippen molar-refractivity contribution in [2.45, 2.75) is 32.3 Å². The molecule has 0 bridgehead atoms. The number of hydrogen-bond acceptors (Lipinski definition) is 5. The van der Waals surface area contributed by atoms with Gasteiger partial charge in [0.25, 0.3) is 5.91 Å². The normalized spacial score (nSPS) is 18.4. The van der Waals surface area contributed by atoms with Gasteiger partial charge in [0.05, 0.1) is 19.4 Å². The number of fused-ring (bicyclic) bond motifs is 1. The van der Waals surface area contributed by atoms with Crippen molar-refractivity contribution >= 4 is 17.5 Å². The maximum absolute atomic E-state index is 14.0. The number of rotatable bonds is 8. The third-order valence-electron chi connectivity index (χ3n) is 8.05. The second kappa shape index (κ2) is 11.7. The molecule has 1 aliphatic carbocycles. The second-order valence-electron chi connectivity index (χ2n) is 11.1. The first-order chi connectivity index (χ1) is 19.3. The number of likely N-dealkylation sites (N-methyl/N-ethyl adjacent to an activating group) is 1. The molecule has 8 heteroatoms. The molecule has 40 heavy (non-hydrogen) atoms. The molecule has 5 rings (SSSR count). The Bertz CT molecular complexity index is 1430. The zero-order valence-corrected chi connectivity index (χ0v) is 23.5. The Morgan fingerprint density at radius 1 is 1.10 bits per heavy atom. The third kappa shape index (κ3) is 5.69. The molecule has 3 aromatic rings. The van der Waals surface area contributed by atoms with Crippen LogP contribution in [0.2, 0.25) is 0 Å². The van der Waals surface area contributed by atoms with Crippen molar-refractivity contribution in [1.82, 2.24) is 14.8 Å². The zero-order valence-electron chi connectivity index (χ0n) is 23.5. The summed E-state index contributed by atoms with van der Waals surface area (Å²) in [7, 11) is 5.58. The monoisotopic (exact) mass is 542 g/mol. The van der Waals surface area contributed by atoms with Gasteiger partial charge in [-0.1, -0.05) is 24.3 Å². The van der Waals surface area contributed by atoms with Crippen LogP contribution in [0.5, 0.6) is 5.75 Å². The number of aliphatic hydroxyl groups excluding tert-OH is 1.